The number of hydrazone groups is 1. The fourth-order valence-electron chi connectivity index (χ4n) is 4.25. The summed E-state index contributed by atoms with van der Waals surface area (Å²) in [6.07, 6.45) is 1.33. The molecule has 2 aromatic carbocycles. The molecule has 0 radical (unpaired) electrons. The average molecular weight is 539 g/mol. The highest BCUT2D eigenvalue weighted by molar-refractivity contribution is 5.92. The van der Waals surface area contributed by atoms with Crippen LogP contribution in [0.4, 0.5) is 5.69 Å². The van der Waals surface area contributed by atoms with Gasteiger partial charge in [0.25, 0.3) is 5.69 Å². The molecule has 0 bridgehead atoms. The Labute approximate surface area is 229 Å². The number of rotatable bonds is 9. The van der Waals surface area contributed by atoms with Gasteiger partial charge in [-0.15, -0.1) is 0 Å². The number of carbonyl (C=O) groups is 1. The van der Waals surface area contributed by atoms with Gasteiger partial charge in [-0.3, -0.25) is 14.9 Å². The van der Waals surface area contributed by atoms with Crippen molar-refractivity contribution in [2.75, 3.05) is 0 Å². The number of benzene rings is 2. The van der Waals surface area contributed by atoms with Crippen LogP contribution in [0, 0.1) is 30.9 Å². The van der Waals surface area contributed by atoms with Gasteiger partial charge in [-0.1, -0.05) is 12.1 Å². The number of nitro benzene ring substituents is 1. The Morgan fingerprint density at radius 1 is 0.975 bits per heavy atom. The molecule has 5 aromatic rings. The largest absolute Gasteiger partial charge is 0.486 e. The number of hydrogen-bond acceptors (Lipinski definition) is 7. The molecule has 3 aromatic heterocycles. The van der Waals surface area contributed by atoms with Crippen LogP contribution in [0.5, 0.6) is 5.75 Å². The molecule has 0 aliphatic rings. The number of aromatic nitrogens is 1. The second kappa shape index (κ2) is 11.2. The van der Waals surface area contributed by atoms with Gasteiger partial charge in [-0.2, -0.15) is 5.10 Å². The molecule has 1 amide bonds. The van der Waals surface area contributed by atoms with E-state index in [1.807, 2.05) is 24.3 Å². The lowest BCUT2D eigenvalue weighted by atomic mass is 10.1. The summed E-state index contributed by atoms with van der Waals surface area (Å²) in [5.41, 5.74) is 6.88. The lowest BCUT2D eigenvalue weighted by Gasteiger charge is -2.10. The zero-order valence-electron chi connectivity index (χ0n) is 22.1. The number of nitrogens with zero attached hydrogens (tertiary/aromatic N) is 3. The summed E-state index contributed by atoms with van der Waals surface area (Å²) in [6, 6.07) is 23.3. The number of aryl methyl sites for hydroxylation is 3. The first-order valence-electron chi connectivity index (χ1n) is 12.4. The van der Waals surface area contributed by atoms with E-state index in [0.717, 1.165) is 17.1 Å². The van der Waals surface area contributed by atoms with Gasteiger partial charge in [0.05, 0.1) is 11.1 Å². The predicted molar refractivity (Wildman–Crippen MR) is 149 cm³/mol. The van der Waals surface area contributed by atoms with Crippen molar-refractivity contribution < 1.29 is 23.3 Å². The van der Waals surface area contributed by atoms with Crippen LogP contribution < -0.4 is 10.2 Å². The van der Waals surface area contributed by atoms with Crippen molar-refractivity contribution in [3.05, 3.63) is 123 Å². The minimum absolute atomic E-state index is 0.00971. The number of nitro groups is 1. The van der Waals surface area contributed by atoms with Crippen molar-refractivity contribution in [1.29, 1.82) is 0 Å². The molecule has 0 unspecified atom stereocenters. The first-order valence-corrected chi connectivity index (χ1v) is 12.4. The standard InChI is InChI=1S/C30H26N4O6/c1-19-4-7-22(16-27(19)34(36)37)28-14-12-25(39-28)17-31-32-30(35)29-15-13-26(40-29)18-38-24-10-8-23(9-11-24)33-20(2)5-6-21(33)3/h4-17H,18H2,1-3H3,(H,32,35)/b31-17+. The van der Waals surface area contributed by atoms with Gasteiger partial charge in [-0.25, -0.2) is 5.43 Å². The Morgan fingerprint density at radius 2 is 1.73 bits per heavy atom. The normalized spacial score (nSPS) is 11.2. The molecule has 0 fully saturated rings. The number of furan rings is 2. The van der Waals surface area contributed by atoms with E-state index < -0.39 is 10.8 Å². The smallest absolute Gasteiger partial charge is 0.307 e. The highest BCUT2D eigenvalue weighted by atomic mass is 16.6. The highest BCUT2D eigenvalue weighted by Gasteiger charge is 2.14. The third kappa shape index (κ3) is 5.70. The van der Waals surface area contributed by atoms with Crippen LogP contribution in [0.3, 0.4) is 0 Å². The maximum absolute atomic E-state index is 12.4. The third-order valence-corrected chi connectivity index (χ3v) is 6.31. The molecular weight excluding hydrogens is 512 g/mol. The van der Waals surface area contributed by atoms with Gasteiger partial charge < -0.3 is 18.1 Å². The molecule has 1 N–H and O–H groups in total. The lowest BCUT2D eigenvalue weighted by Crippen LogP contribution is -2.16. The summed E-state index contributed by atoms with van der Waals surface area (Å²) in [4.78, 5) is 23.2. The summed E-state index contributed by atoms with van der Waals surface area (Å²) in [6.45, 7) is 5.95. The van der Waals surface area contributed by atoms with Gasteiger partial charge in [0, 0.05) is 34.3 Å². The number of carbonyl (C=O) groups excluding carboxylic acids is 1. The minimum atomic E-state index is -0.537. The monoisotopic (exact) mass is 538 g/mol. The summed E-state index contributed by atoms with van der Waals surface area (Å²) in [7, 11) is 0. The van der Waals surface area contributed by atoms with Crippen molar-refractivity contribution in [2.24, 2.45) is 5.10 Å². The molecule has 10 nitrogen and oxygen atoms in total. The van der Waals surface area contributed by atoms with E-state index in [1.54, 1.807) is 43.3 Å². The van der Waals surface area contributed by atoms with E-state index in [0.29, 0.717) is 34.2 Å². The number of hydrogen-bond donors (Lipinski definition) is 1. The van der Waals surface area contributed by atoms with Crippen LogP contribution in [0.2, 0.25) is 0 Å². The topological polar surface area (TPSA) is 125 Å². The van der Waals surface area contributed by atoms with Crippen LogP contribution >= 0.6 is 0 Å². The third-order valence-electron chi connectivity index (χ3n) is 6.31. The zero-order chi connectivity index (χ0) is 28.2. The van der Waals surface area contributed by atoms with Crippen LogP contribution in [-0.4, -0.2) is 21.6 Å². The van der Waals surface area contributed by atoms with E-state index in [4.69, 9.17) is 13.6 Å². The van der Waals surface area contributed by atoms with Crippen LogP contribution in [0.25, 0.3) is 17.0 Å². The van der Waals surface area contributed by atoms with Crippen LogP contribution in [0.1, 0.15) is 39.0 Å². The van der Waals surface area contributed by atoms with E-state index >= 15 is 0 Å². The summed E-state index contributed by atoms with van der Waals surface area (Å²) in [5, 5.41) is 15.1. The number of nitrogens with one attached hydrogen (secondary N) is 1. The Bertz CT molecular complexity index is 1690. The van der Waals surface area contributed by atoms with E-state index in [-0.39, 0.29) is 18.1 Å². The molecule has 0 aliphatic carbocycles. The fourth-order valence-corrected chi connectivity index (χ4v) is 4.25. The number of ether oxygens (including phenoxy) is 1. The van der Waals surface area contributed by atoms with Gasteiger partial charge >= 0.3 is 5.91 Å². The molecule has 0 aliphatic heterocycles. The first kappa shape index (κ1) is 26.2. The average Bonchev–Trinajstić information content (AvgIpc) is 3.69. The van der Waals surface area contributed by atoms with E-state index in [9.17, 15) is 14.9 Å². The molecule has 0 saturated heterocycles. The first-order chi connectivity index (χ1) is 19.3. The molecule has 202 valence electrons. The second-order valence-corrected chi connectivity index (χ2v) is 9.16. The summed E-state index contributed by atoms with van der Waals surface area (Å²) in [5.74, 6) is 1.51. The summed E-state index contributed by atoms with van der Waals surface area (Å²) >= 11 is 0. The van der Waals surface area contributed by atoms with Crippen LogP contribution in [0.15, 0.2) is 92.8 Å². The Hall–Kier alpha value is -5.38. The second-order valence-electron chi connectivity index (χ2n) is 9.16. The zero-order valence-corrected chi connectivity index (χ0v) is 22.1. The van der Waals surface area contributed by atoms with Gasteiger partial charge in [-0.05, 0) is 81.4 Å². The lowest BCUT2D eigenvalue weighted by molar-refractivity contribution is -0.385. The Balaban J connectivity index is 1.14. The maximum atomic E-state index is 12.4. The van der Waals surface area contributed by atoms with Crippen molar-refractivity contribution in [3.8, 4) is 22.8 Å². The minimum Gasteiger partial charge on any atom is -0.486 e. The molecule has 0 spiro atoms. The molecule has 40 heavy (non-hydrogen) atoms. The molecule has 0 saturated carbocycles. The molecule has 0 atom stereocenters. The quantitative estimate of drug-likeness (QED) is 0.130. The summed E-state index contributed by atoms with van der Waals surface area (Å²) < 4.78 is 19.2. The predicted octanol–water partition coefficient (Wildman–Crippen LogP) is 6.51. The van der Waals surface area contributed by atoms with Crippen molar-refractivity contribution >= 4 is 17.8 Å². The van der Waals surface area contributed by atoms with E-state index in [2.05, 4.69) is 41.1 Å². The van der Waals surface area contributed by atoms with Crippen molar-refractivity contribution in [3.63, 3.8) is 0 Å². The van der Waals surface area contributed by atoms with Crippen LogP contribution in [-0.2, 0) is 6.61 Å². The molecule has 10 heteroatoms. The molecular formula is C30H26N4O6. The van der Waals surface area contributed by atoms with Gasteiger partial charge in [0.2, 0.25) is 0 Å². The fraction of sp³-hybridized carbons (Fsp3) is 0.133. The highest BCUT2D eigenvalue weighted by Crippen LogP contribution is 2.28. The van der Waals surface area contributed by atoms with Gasteiger partial charge in [0.15, 0.2) is 5.76 Å². The van der Waals surface area contributed by atoms with E-state index in [1.165, 1.54) is 12.3 Å². The Morgan fingerprint density at radius 3 is 2.45 bits per heavy atom. The maximum Gasteiger partial charge on any atom is 0.307 e. The number of amides is 1. The molecule has 5 rings (SSSR count). The van der Waals surface area contributed by atoms with Crippen molar-refractivity contribution in [1.82, 2.24) is 9.99 Å². The molecule has 3 heterocycles. The Kier molecular flexibility index (Phi) is 7.32. The van der Waals surface area contributed by atoms with Crippen molar-refractivity contribution in [2.45, 2.75) is 27.4 Å². The van der Waals surface area contributed by atoms with Gasteiger partial charge in [0.1, 0.15) is 29.6 Å². The SMILES string of the molecule is Cc1ccc(-c2ccc(/C=N/NC(=O)c3ccc(COc4ccc(-n5c(C)ccc5C)cc4)o3)o2)cc1[N+](=O)[O-].